The Bertz CT molecular complexity index is 500. The summed E-state index contributed by atoms with van der Waals surface area (Å²) in [4.78, 5) is 0. The van der Waals surface area contributed by atoms with Crippen molar-refractivity contribution in [1.29, 1.82) is 0 Å². The summed E-state index contributed by atoms with van der Waals surface area (Å²) in [7, 11) is 0. The van der Waals surface area contributed by atoms with Crippen molar-refractivity contribution in [2.24, 2.45) is 0 Å². The summed E-state index contributed by atoms with van der Waals surface area (Å²) in [6.07, 6.45) is 2.64. The molecule has 86 valence electrons. The van der Waals surface area contributed by atoms with Gasteiger partial charge in [0.15, 0.2) is 0 Å². The molecule has 1 aromatic carbocycles. The number of hydrogen-bond acceptors (Lipinski definition) is 2. The number of para-hydroxylation sites is 1. The number of phenols is 1. The standard InChI is InChI=1S/C13H17NO2/c1-9(2)14-8-10(6-7-15)11-4-3-5-12(16)13(11)14/h3-5,8-9,15-16H,6-7H2,1-2H3. The SMILES string of the molecule is CC(C)n1cc(CCO)c2cccc(O)c21. The van der Waals surface area contributed by atoms with Crippen molar-refractivity contribution in [1.82, 2.24) is 4.57 Å². The van der Waals surface area contributed by atoms with Crippen molar-refractivity contribution in [3.8, 4) is 5.75 Å². The maximum absolute atomic E-state index is 9.90. The minimum atomic E-state index is 0.132. The Hall–Kier alpha value is -1.48. The van der Waals surface area contributed by atoms with E-state index in [2.05, 4.69) is 18.4 Å². The number of aliphatic hydroxyl groups excluding tert-OH is 1. The highest BCUT2D eigenvalue weighted by Gasteiger charge is 2.12. The van der Waals surface area contributed by atoms with E-state index in [0.29, 0.717) is 18.2 Å². The molecule has 0 spiro atoms. The number of phenolic OH excluding ortho intramolecular Hbond substituents is 1. The van der Waals surface area contributed by atoms with Crippen molar-refractivity contribution in [3.63, 3.8) is 0 Å². The van der Waals surface area contributed by atoms with Gasteiger partial charge in [-0.1, -0.05) is 12.1 Å². The van der Waals surface area contributed by atoms with Gasteiger partial charge in [0.1, 0.15) is 5.75 Å². The highest BCUT2D eigenvalue weighted by atomic mass is 16.3. The number of nitrogens with zero attached hydrogens (tertiary/aromatic N) is 1. The molecule has 1 aromatic heterocycles. The number of rotatable bonds is 3. The van der Waals surface area contributed by atoms with Gasteiger partial charge in [-0.25, -0.2) is 0 Å². The number of aromatic nitrogens is 1. The van der Waals surface area contributed by atoms with E-state index in [4.69, 9.17) is 5.11 Å². The fraction of sp³-hybridized carbons (Fsp3) is 0.385. The molecule has 0 fully saturated rings. The lowest BCUT2D eigenvalue weighted by molar-refractivity contribution is 0.300. The van der Waals surface area contributed by atoms with Gasteiger partial charge in [-0.15, -0.1) is 0 Å². The Morgan fingerprint density at radius 2 is 2.06 bits per heavy atom. The molecule has 3 heteroatoms. The molecule has 2 N–H and O–H groups in total. The fourth-order valence-electron chi connectivity index (χ4n) is 2.09. The molecule has 0 amide bonds. The molecule has 0 unspecified atom stereocenters. The normalized spacial score (nSPS) is 11.5. The van der Waals surface area contributed by atoms with Crippen molar-refractivity contribution in [2.45, 2.75) is 26.3 Å². The lowest BCUT2D eigenvalue weighted by Gasteiger charge is -2.09. The third-order valence-electron chi connectivity index (χ3n) is 2.85. The molecule has 2 rings (SSSR count). The third-order valence-corrected chi connectivity index (χ3v) is 2.85. The quantitative estimate of drug-likeness (QED) is 0.833. The minimum Gasteiger partial charge on any atom is -0.506 e. The third kappa shape index (κ3) is 1.67. The maximum Gasteiger partial charge on any atom is 0.139 e. The first-order valence-corrected chi connectivity index (χ1v) is 5.57. The molecular formula is C13H17NO2. The van der Waals surface area contributed by atoms with Gasteiger partial charge in [-0.05, 0) is 31.9 Å². The van der Waals surface area contributed by atoms with Crippen molar-refractivity contribution in [2.75, 3.05) is 6.61 Å². The first kappa shape index (κ1) is 11.0. The monoisotopic (exact) mass is 219 g/mol. The zero-order valence-corrected chi connectivity index (χ0v) is 9.64. The van der Waals surface area contributed by atoms with Crippen LogP contribution in [0.15, 0.2) is 24.4 Å². The van der Waals surface area contributed by atoms with E-state index >= 15 is 0 Å². The van der Waals surface area contributed by atoms with Gasteiger partial charge in [0.25, 0.3) is 0 Å². The van der Waals surface area contributed by atoms with Crippen LogP contribution in [0.2, 0.25) is 0 Å². The van der Waals surface area contributed by atoms with Gasteiger partial charge < -0.3 is 14.8 Å². The summed E-state index contributed by atoms with van der Waals surface area (Å²) in [6.45, 7) is 4.29. The first-order chi connectivity index (χ1) is 7.65. The van der Waals surface area contributed by atoms with Crippen LogP contribution in [0.3, 0.4) is 0 Å². The van der Waals surface area contributed by atoms with E-state index in [1.165, 1.54) is 0 Å². The van der Waals surface area contributed by atoms with Crippen LogP contribution in [-0.2, 0) is 6.42 Å². The van der Waals surface area contributed by atoms with Crippen LogP contribution in [0.5, 0.6) is 5.75 Å². The molecule has 0 aliphatic carbocycles. The second kappa shape index (κ2) is 4.18. The van der Waals surface area contributed by atoms with Crippen molar-refractivity contribution >= 4 is 10.9 Å². The zero-order chi connectivity index (χ0) is 11.7. The average molecular weight is 219 g/mol. The lowest BCUT2D eigenvalue weighted by atomic mass is 10.1. The van der Waals surface area contributed by atoms with Crippen LogP contribution >= 0.6 is 0 Å². The molecule has 3 nitrogen and oxygen atoms in total. The van der Waals surface area contributed by atoms with Crippen LogP contribution in [0.1, 0.15) is 25.5 Å². The topological polar surface area (TPSA) is 45.4 Å². The Kier molecular flexibility index (Phi) is 2.88. The largest absolute Gasteiger partial charge is 0.506 e. The number of hydrogen-bond donors (Lipinski definition) is 2. The molecule has 0 saturated carbocycles. The molecule has 0 radical (unpaired) electrons. The molecule has 1 heterocycles. The van der Waals surface area contributed by atoms with Gasteiger partial charge >= 0.3 is 0 Å². The fourth-order valence-corrected chi connectivity index (χ4v) is 2.09. The van der Waals surface area contributed by atoms with Gasteiger partial charge in [-0.2, -0.15) is 0 Å². The van der Waals surface area contributed by atoms with E-state index in [1.54, 1.807) is 6.07 Å². The summed E-state index contributed by atoms with van der Waals surface area (Å²) in [6, 6.07) is 5.81. The van der Waals surface area contributed by atoms with E-state index in [-0.39, 0.29) is 6.61 Å². The number of aromatic hydroxyl groups is 1. The number of benzene rings is 1. The molecule has 0 aliphatic heterocycles. The number of fused-ring (bicyclic) bond motifs is 1. The van der Waals surface area contributed by atoms with E-state index in [1.807, 2.05) is 18.3 Å². The maximum atomic E-state index is 9.90. The van der Waals surface area contributed by atoms with Crippen molar-refractivity contribution < 1.29 is 10.2 Å². The molecule has 2 aromatic rings. The summed E-state index contributed by atoms with van der Waals surface area (Å²) in [5.41, 5.74) is 1.95. The highest BCUT2D eigenvalue weighted by Crippen LogP contribution is 2.31. The first-order valence-electron chi connectivity index (χ1n) is 5.57. The van der Waals surface area contributed by atoms with Crippen molar-refractivity contribution in [3.05, 3.63) is 30.0 Å². The predicted octanol–water partition coefficient (Wildman–Crippen LogP) is 2.46. The number of aliphatic hydroxyl groups is 1. The van der Waals surface area contributed by atoms with Crippen LogP contribution in [0.25, 0.3) is 10.9 Å². The second-order valence-corrected chi connectivity index (χ2v) is 4.30. The van der Waals surface area contributed by atoms with Gasteiger partial charge in [-0.3, -0.25) is 0 Å². The second-order valence-electron chi connectivity index (χ2n) is 4.30. The smallest absolute Gasteiger partial charge is 0.139 e. The Balaban J connectivity index is 2.71. The molecule has 0 atom stereocenters. The van der Waals surface area contributed by atoms with E-state index in [0.717, 1.165) is 16.5 Å². The van der Waals surface area contributed by atoms with E-state index in [9.17, 15) is 5.11 Å². The average Bonchev–Trinajstić information content (AvgIpc) is 2.60. The Labute approximate surface area is 94.9 Å². The predicted molar refractivity (Wildman–Crippen MR) is 64.8 cm³/mol. The molecule has 0 saturated heterocycles. The van der Waals surface area contributed by atoms with Gasteiger partial charge in [0.05, 0.1) is 5.52 Å². The van der Waals surface area contributed by atoms with Gasteiger partial charge in [0, 0.05) is 24.2 Å². The van der Waals surface area contributed by atoms with Crippen LogP contribution in [0, 0.1) is 0 Å². The Morgan fingerprint density at radius 3 is 2.69 bits per heavy atom. The minimum absolute atomic E-state index is 0.132. The molecule has 16 heavy (non-hydrogen) atoms. The van der Waals surface area contributed by atoms with E-state index < -0.39 is 0 Å². The summed E-state index contributed by atoms with van der Waals surface area (Å²) in [5.74, 6) is 0.301. The van der Waals surface area contributed by atoms with Crippen LogP contribution in [-0.4, -0.2) is 21.4 Å². The van der Waals surface area contributed by atoms with Gasteiger partial charge in [0.2, 0.25) is 0 Å². The Morgan fingerprint density at radius 1 is 1.31 bits per heavy atom. The zero-order valence-electron chi connectivity index (χ0n) is 9.64. The summed E-state index contributed by atoms with van der Waals surface area (Å²) in [5, 5.41) is 20.0. The van der Waals surface area contributed by atoms with Crippen LogP contribution < -0.4 is 0 Å². The summed E-state index contributed by atoms with van der Waals surface area (Å²) < 4.78 is 2.05. The summed E-state index contributed by atoms with van der Waals surface area (Å²) >= 11 is 0. The highest BCUT2D eigenvalue weighted by molar-refractivity contribution is 5.89. The van der Waals surface area contributed by atoms with Crippen LogP contribution in [0.4, 0.5) is 0 Å². The molecule has 0 aliphatic rings. The lowest BCUT2D eigenvalue weighted by Crippen LogP contribution is -1.98. The molecular weight excluding hydrogens is 202 g/mol. The molecule has 0 bridgehead atoms.